The molecule has 0 radical (unpaired) electrons. The molecule has 4 heteroatoms. The van der Waals surface area contributed by atoms with E-state index in [-0.39, 0.29) is 17.6 Å². The number of carbonyl (C=O) groups excluding carboxylic acids is 1. The second kappa shape index (κ2) is 7.87. The van der Waals surface area contributed by atoms with Gasteiger partial charge in [0.2, 0.25) is 0 Å². The highest BCUT2D eigenvalue weighted by Gasteiger charge is 2.44. The maximum Gasteiger partial charge on any atom is 0.410 e. The van der Waals surface area contributed by atoms with Crippen LogP contribution in [0.25, 0.3) is 0 Å². The van der Waals surface area contributed by atoms with Crippen LogP contribution in [0.1, 0.15) is 68.2 Å². The van der Waals surface area contributed by atoms with Crippen LogP contribution in [0.4, 0.5) is 4.79 Å². The molecule has 0 bridgehead atoms. The zero-order chi connectivity index (χ0) is 17.8. The third-order valence-corrected chi connectivity index (χ3v) is 4.75. The van der Waals surface area contributed by atoms with Crippen LogP contribution in [0, 0.1) is 11.3 Å². The first-order valence-electron chi connectivity index (χ1n) is 9.21. The minimum absolute atomic E-state index is 0.0708. The molecule has 1 rings (SSSR count). The van der Waals surface area contributed by atoms with Gasteiger partial charge in [-0.1, -0.05) is 34.6 Å². The number of hydrogen-bond donors (Lipinski definition) is 0. The molecule has 1 aliphatic heterocycles. The fraction of sp³-hybridized carbons (Fsp3) is 0.947. The lowest BCUT2D eigenvalue weighted by molar-refractivity contribution is 0.00696. The average molecular weight is 327 g/mol. The van der Waals surface area contributed by atoms with Gasteiger partial charge < -0.3 is 14.5 Å². The molecule has 0 aromatic carbocycles. The molecule has 0 spiro atoms. The molecule has 2 atom stereocenters. The van der Waals surface area contributed by atoms with Crippen LogP contribution in [0.3, 0.4) is 0 Å². The van der Waals surface area contributed by atoms with Crippen molar-refractivity contribution in [2.45, 2.75) is 79.9 Å². The topological polar surface area (TPSA) is 32.8 Å². The molecule has 0 N–H and O–H groups in total. The van der Waals surface area contributed by atoms with Gasteiger partial charge in [0.1, 0.15) is 5.60 Å². The normalized spacial score (nSPS) is 22.7. The Morgan fingerprint density at radius 2 is 1.70 bits per heavy atom. The minimum Gasteiger partial charge on any atom is -0.444 e. The van der Waals surface area contributed by atoms with E-state index in [2.05, 4.69) is 39.5 Å². The van der Waals surface area contributed by atoms with Crippen molar-refractivity contribution in [3.05, 3.63) is 0 Å². The lowest BCUT2D eigenvalue weighted by Crippen LogP contribution is -2.48. The van der Waals surface area contributed by atoms with Crippen LogP contribution < -0.4 is 0 Å². The summed E-state index contributed by atoms with van der Waals surface area (Å²) in [6, 6.07) is 0.257. The van der Waals surface area contributed by atoms with E-state index in [4.69, 9.17) is 4.74 Å². The summed E-state index contributed by atoms with van der Waals surface area (Å²) in [5.74, 6) is 0.558. The maximum atomic E-state index is 12.6. The molecule has 4 nitrogen and oxygen atoms in total. The molecular weight excluding hydrogens is 288 g/mol. The third kappa shape index (κ3) is 5.98. The van der Waals surface area contributed by atoms with Crippen LogP contribution in [0.15, 0.2) is 0 Å². The van der Waals surface area contributed by atoms with Crippen molar-refractivity contribution in [1.29, 1.82) is 0 Å². The highest BCUT2D eigenvalue weighted by atomic mass is 16.6. The number of ether oxygens (including phenoxy) is 1. The Hall–Kier alpha value is -0.770. The highest BCUT2D eigenvalue weighted by molar-refractivity contribution is 5.69. The Labute approximate surface area is 143 Å². The van der Waals surface area contributed by atoms with Gasteiger partial charge >= 0.3 is 6.09 Å². The van der Waals surface area contributed by atoms with Gasteiger partial charge in [-0.3, -0.25) is 0 Å². The van der Waals surface area contributed by atoms with Crippen molar-refractivity contribution < 1.29 is 9.53 Å². The van der Waals surface area contributed by atoms with E-state index in [9.17, 15) is 4.79 Å². The molecule has 23 heavy (non-hydrogen) atoms. The van der Waals surface area contributed by atoms with Crippen LogP contribution in [0.2, 0.25) is 0 Å². The number of carbonyl (C=O) groups is 1. The SMILES string of the molecule is CCN(CC)CCC1CCN(C(=O)OC(C)(C)C)[C@@H]1C(C)(C)C. The maximum absolute atomic E-state index is 12.6. The van der Waals surface area contributed by atoms with Gasteiger partial charge in [0, 0.05) is 12.6 Å². The Balaban J connectivity index is 2.80. The number of hydrogen-bond acceptors (Lipinski definition) is 3. The highest BCUT2D eigenvalue weighted by Crippen LogP contribution is 2.39. The van der Waals surface area contributed by atoms with Crippen molar-refractivity contribution in [3.8, 4) is 0 Å². The summed E-state index contributed by atoms with van der Waals surface area (Å²) < 4.78 is 5.64. The van der Waals surface area contributed by atoms with Crippen molar-refractivity contribution >= 4 is 6.09 Å². The van der Waals surface area contributed by atoms with E-state index < -0.39 is 5.60 Å². The molecule has 0 aliphatic carbocycles. The second-order valence-corrected chi connectivity index (χ2v) is 8.85. The van der Waals surface area contributed by atoms with E-state index in [1.54, 1.807) is 0 Å². The van der Waals surface area contributed by atoms with Crippen LogP contribution in [0.5, 0.6) is 0 Å². The van der Waals surface area contributed by atoms with E-state index in [0.29, 0.717) is 5.92 Å². The van der Waals surface area contributed by atoms with Crippen LogP contribution in [-0.4, -0.2) is 53.7 Å². The fourth-order valence-corrected chi connectivity index (χ4v) is 3.75. The van der Waals surface area contributed by atoms with E-state index in [1.807, 2.05) is 25.7 Å². The van der Waals surface area contributed by atoms with E-state index >= 15 is 0 Å². The predicted molar refractivity (Wildman–Crippen MR) is 96.7 cm³/mol. The first kappa shape index (κ1) is 20.3. The Kier molecular flexibility index (Phi) is 6.94. The Morgan fingerprint density at radius 3 is 2.13 bits per heavy atom. The minimum atomic E-state index is -0.432. The summed E-state index contributed by atoms with van der Waals surface area (Å²) in [5.41, 5.74) is -0.361. The Morgan fingerprint density at radius 1 is 1.13 bits per heavy atom. The average Bonchev–Trinajstić information content (AvgIpc) is 2.82. The third-order valence-electron chi connectivity index (χ3n) is 4.75. The first-order valence-corrected chi connectivity index (χ1v) is 9.21. The number of likely N-dealkylation sites (tertiary alicyclic amines) is 1. The number of amides is 1. The smallest absolute Gasteiger partial charge is 0.410 e. The quantitative estimate of drug-likeness (QED) is 0.751. The molecule has 1 unspecified atom stereocenters. The zero-order valence-electron chi connectivity index (χ0n) is 16.6. The van der Waals surface area contributed by atoms with Gasteiger partial charge in [0.15, 0.2) is 0 Å². The monoisotopic (exact) mass is 326 g/mol. The van der Waals surface area contributed by atoms with Crippen molar-refractivity contribution in [1.82, 2.24) is 9.80 Å². The summed E-state index contributed by atoms with van der Waals surface area (Å²) in [6.07, 6.45) is 2.09. The summed E-state index contributed by atoms with van der Waals surface area (Å²) in [6.45, 7) is 21.1. The number of nitrogens with zero attached hydrogens (tertiary/aromatic N) is 2. The summed E-state index contributed by atoms with van der Waals surface area (Å²) in [5, 5.41) is 0. The van der Waals surface area contributed by atoms with E-state index in [0.717, 1.165) is 39.0 Å². The standard InChI is InChI=1S/C19H38N2O2/c1-9-20(10-2)13-11-15-12-14-21(16(15)18(3,4)5)17(22)23-19(6,7)8/h15-16H,9-14H2,1-8H3/t15?,16-/m0/s1. The molecule has 1 fully saturated rings. The first-order chi connectivity index (χ1) is 10.5. The predicted octanol–water partition coefficient (Wildman–Crippen LogP) is 4.39. The van der Waals surface area contributed by atoms with Gasteiger partial charge in [-0.15, -0.1) is 0 Å². The molecule has 136 valence electrons. The molecule has 0 aromatic heterocycles. The van der Waals surface area contributed by atoms with Gasteiger partial charge in [0.25, 0.3) is 0 Å². The molecule has 1 saturated heterocycles. The van der Waals surface area contributed by atoms with Crippen LogP contribution >= 0.6 is 0 Å². The zero-order valence-corrected chi connectivity index (χ0v) is 16.6. The van der Waals surface area contributed by atoms with E-state index in [1.165, 1.54) is 0 Å². The summed E-state index contributed by atoms with van der Waals surface area (Å²) in [7, 11) is 0. The van der Waals surface area contributed by atoms with Crippen molar-refractivity contribution in [2.75, 3.05) is 26.2 Å². The lowest BCUT2D eigenvalue weighted by Gasteiger charge is -2.39. The number of rotatable bonds is 5. The molecule has 1 heterocycles. The van der Waals surface area contributed by atoms with Gasteiger partial charge in [-0.2, -0.15) is 0 Å². The molecule has 1 aliphatic rings. The van der Waals surface area contributed by atoms with Gasteiger partial charge in [-0.25, -0.2) is 4.79 Å². The van der Waals surface area contributed by atoms with Gasteiger partial charge in [-0.05, 0) is 64.6 Å². The van der Waals surface area contributed by atoms with Crippen molar-refractivity contribution in [3.63, 3.8) is 0 Å². The molecule has 0 aromatic rings. The molecular formula is C19H38N2O2. The van der Waals surface area contributed by atoms with Crippen molar-refractivity contribution in [2.24, 2.45) is 11.3 Å². The summed E-state index contributed by atoms with van der Waals surface area (Å²) in [4.78, 5) is 17.1. The summed E-state index contributed by atoms with van der Waals surface area (Å²) >= 11 is 0. The molecule has 0 saturated carbocycles. The largest absolute Gasteiger partial charge is 0.444 e. The van der Waals surface area contributed by atoms with Gasteiger partial charge in [0.05, 0.1) is 0 Å². The lowest BCUT2D eigenvalue weighted by atomic mass is 9.78. The fourth-order valence-electron chi connectivity index (χ4n) is 3.75. The molecule has 1 amide bonds. The second-order valence-electron chi connectivity index (χ2n) is 8.85. The van der Waals surface area contributed by atoms with Crippen LogP contribution in [-0.2, 0) is 4.74 Å². The Bertz CT molecular complexity index is 378.